The number of aryl methyl sites for hydroxylation is 2. The molecule has 0 aliphatic heterocycles. The van der Waals surface area contributed by atoms with E-state index in [1.165, 1.54) is 23.3 Å². The van der Waals surface area contributed by atoms with E-state index in [9.17, 15) is 4.79 Å². The van der Waals surface area contributed by atoms with Crippen molar-refractivity contribution in [1.82, 2.24) is 9.97 Å². The first-order chi connectivity index (χ1) is 13.7. The highest BCUT2D eigenvalue weighted by Gasteiger charge is 2.22. The van der Waals surface area contributed by atoms with Gasteiger partial charge in [0, 0.05) is 10.6 Å². The van der Waals surface area contributed by atoms with E-state index in [4.69, 9.17) is 14.5 Å². The lowest BCUT2D eigenvalue weighted by Crippen LogP contribution is -2.11. The van der Waals surface area contributed by atoms with Crippen LogP contribution in [-0.4, -0.2) is 29.7 Å². The Hall–Kier alpha value is -2.67. The zero-order valence-corrected chi connectivity index (χ0v) is 16.9. The van der Waals surface area contributed by atoms with Crippen LogP contribution in [0.2, 0.25) is 0 Å². The van der Waals surface area contributed by atoms with Gasteiger partial charge in [-0.1, -0.05) is 0 Å². The third-order valence-corrected chi connectivity index (χ3v) is 6.01. The van der Waals surface area contributed by atoms with E-state index in [2.05, 4.69) is 10.3 Å². The summed E-state index contributed by atoms with van der Waals surface area (Å²) in [7, 11) is 1.65. The van der Waals surface area contributed by atoms with E-state index in [1.54, 1.807) is 25.4 Å². The maximum Gasteiger partial charge on any atom is 0.313 e. The smallest absolute Gasteiger partial charge is 0.313 e. The third-order valence-electron chi connectivity index (χ3n) is 4.82. The molecule has 0 saturated carbocycles. The zero-order chi connectivity index (χ0) is 19.5. The Morgan fingerprint density at radius 3 is 2.71 bits per heavy atom. The van der Waals surface area contributed by atoms with Gasteiger partial charge in [-0.05, 0) is 62.4 Å². The molecule has 28 heavy (non-hydrogen) atoms. The number of hydrogen-bond donors (Lipinski definition) is 1. The van der Waals surface area contributed by atoms with Gasteiger partial charge in [0.1, 0.15) is 28.6 Å². The van der Waals surface area contributed by atoms with Crippen molar-refractivity contribution in [3.8, 4) is 5.75 Å². The Balaban J connectivity index is 1.75. The maximum atomic E-state index is 12.0. The number of carbonyl (C=O) groups is 1. The molecular formula is C21H23N3O3S. The molecule has 0 fully saturated rings. The second kappa shape index (κ2) is 8.14. The number of rotatable bonds is 6. The lowest BCUT2D eigenvalue weighted by molar-refractivity contribution is -0.142. The van der Waals surface area contributed by atoms with Crippen molar-refractivity contribution in [2.75, 3.05) is 19.0 Å². The molecule has 0 unspecified atom stereocenters. The first-order valence-electron chi connectivity index (χ1n) is 9.55. The molecule has 7 heteroatoms. The van der Waals surface area contributed by atoms with Gasteiger partial charge < -0.3 is 14.8 Å². The monoisotopic (exact) mass is 397 g/mol. The van der Waals surface area contributed by atoms with Crippen LogP contribution in [0.15, 0.2) is 24.3 Å². The summed E-state index contributed by atoms with van der Waals surface area (Å²) in [5.74, 6) is 1.74. The molecule has 3 aromatic rings. The Labute approximate surface area is 167 Å². The molecule has 1 aliphatic carbocycles. The van der Waals surface area contributed by atoms with Crippen molar-refractivity contribution in [3.63, 3.8) is 0 Å². The second-order valence-corrected chi connectivity index (χ2v) is 7.80. The second-order valence-electron chi connectivity index (χ2n) is 6.71. The number of hydrogen-bond acceptors (Lipinski definition) is 7. The number of anilines is 2. The van der Waals surface area contributed by atoms with Gasteiger partial charge in [-0.15, -0.1) is 11.3 Å². The molecule has 2 aromatic heterocycles. The molecule has 1 aliphatic rings. The largest absolute Gasteiger partial charge is 0.497 e. The quantitative estimate of drug-likeness (QED) is 0.621. The number of methoxy groups -OCH3 is 1. The summed E-state index contributed by atoms with van der Waals surface area (Å²) in [5, 5.41) is 4.51. The van der Waals surface area contributed by atoms with Crippen LogP contribution in [0.5, 0.6) is 5.75 Å². The Bertz CT molecular complexity index is 998. The molecule has 0 saturated heterocycles. The average Bonchev–Trinajstić information content (AvgIpc) is 3.07. The van der Waals surface area contributed by atoms with E-state index in [1.807, 2.05) is 24.3 Å². The molecular weight excluding hydrogens is 374 g/mol. The number of thiophene rings is 1. The number of nitrogens with zero attached hydrogens (tertiary/aromatic N) is 2. The van der Waals surface area contributed by atoms with E-state index in [0.29, 0.717) is 12.4 Å². The number of fused-ring (bicyclic) bond motifs is 3. The van der Waals surface area contributed by atoms with Gasteiger partial charge in [0.2, 0.25) is 0 Å². The Kier molecular flexibility index (Phi) is 5.43. The van der Waals surface area contributed by atoms with Crippen LogP contribution < -0.4 is 10.1 Å². The highest BCUT2D eigenvalue weighted by Crippen LogP contribution is 2.39. The summed E-state index contributed by atoms with van der Waals surface area (Å²) in [5.41, 5.74) is 2.27. The maximum absolute atomic E-state index is 12.0. The van der Waals surface area contributed by atoms with Crippen LogP contribution in [0.4, 0.5) is 11.5 Å². The predicted molar refractivity (Wildman–Crippen MR) is 111 cm³/mol. The number of benzene rings is 1. The van der Waals surface area contributed by atoms with E-state index < -0.39 is 0 Å². The van der Waals surface area contributed by atoms with Gasteiger partial charge >= 0.3 is 5.97 Å². The summed E-state index contributed by atoms with van der Waals surface area (Å²) >= 11 is 1.72. The van der Waals surface area contributed by atoms with E-state index in [0.717, 1.165) is 40.3 Å². The zero-order valence-electron chi connectivity index (χ0n) is 16.1. The van der Waals surface area contributed by atoms with Crippen LogP contribution in [-0.2, 0) is 28.8 Å². The Morgan fingerprint density at radius 2 is 1.96 bits per heavy atom. The van der Waals surface area contributed by atoms with Crippen LogP contribution in [0, 0.1) is 0 Å². The van der Waals surface area contributed by atoms with Gasteiger partial charge in [-0.25, -0.2) is 9.97 Å². The molecule has 0 amide bonds. The predicted octanol–water partition coefficient (Wildman–Crippen LogP) is 4.43. The number of carbonyl (C=O) groups excluding carboxylic acids is 1. The third kappa shape index (κ3) is 3.80. The molecule has 1 aromatic carbocycles. The summed E-state index contributed by atoms with van der Waals surface area (Å²) < 4.78 is 10.3. The molecule has 146 valence electrons. The lowest BCUT2D eigenvalue weighted by atomic mass is 9.97. The average molecular weight is 398 g/mol. The van der Waals surface area contributed by atoms with Crippen LogP contribution >= 0.6 is 11.3 Å². The van der Waals surface area contributed by atoms with Gasteiger partial charge in [0.25, 0.3) is 0 Å². The van der Waals surface area contributed by atoms with Crippen LogP contribution in [0.3, 0.4) is 0 Å². The minimum Gasteiger partial charge on any atom is -0.497 e. The van der Waals surface area contributed by atoms with Gasteiger partial charge in [-0.3, -0.25) is 4.79 Å². The summed E-state index contributed by atoms with van der Waals surface area (Å²) in [6, 6.07) is 7.72. The lowest BCUT2D eigenvalue weighted by Gasteiger charge is -2.13. The van der Waals surface area contributed by atoms with Crippen molar-refractivity contribution < 1.29 is 14.3 Å². The number of aromatic nitrogens is 2. The Morgan fingerprint density at radius 1 is 1.18 bits per heavy atom. The molecule has 0 radical (unpaired) electrons. The molecule has 4 rings (SSSR count). The highest BCUT2D eigenvalue weighted by molar-refractivity contribution is 7.19. The molecule has 6 nitrogen and oxygen atoms in total. The summed E-state index contributed by atoms with van der Waals surface area (Å²) in [6.45, 7) is 2.15. The fourth-order valence-corrected chi connectivity index (χ4v) is 4.80. The van der Waals surface area contributed by atoms with Crippen molar-refractivity contribution >= 4 is 39.0 Å². The number of ether oxygens (including phenoxy) is 2. The van der Waals surface area contributed by atoms with Crippen LogP contribution in [0.25, 0.3) is 10.2 Å². The minimum atomic E-state index is -0.307. The summed E-state index contributed by atoms with van der Waals surface area (Å²) in [4.78, 5) is 23.7. The van der Waals surface area contributed by atoms with Crippen molar-refractivity contribution in [2.24, 2.45) is 0 Å². The molecule has 0 atom stereocenters. The highest BCUT2D eigenvalue weighted by atomic mass is 32.1. The van der Waals surface area contributed by atoms with E-state index in [-0.39, 0.29) is 12.4 Å². The fraction of sp³-hybridized carbons (Fsp3) is 0.381. The van der Waals surface area contributed by atoms with Crippen molar-refractivity contribution in [2.45, 2.75) is 39.0 Å². The fourth-order valence-electron chi connectivity index (χ4n) is 3.52. The number of esters is 1. The van der Waals surface area contributed by atoms with Gasteiger partial charge in [0.15, 0.2) is 0 Å². The molecule has 1 N–H and O–H groups in total. The topological polar surface area (TPSA) is 73.3 Å². The summed E-state index contributed by atoms with van der Waals surface area (Å²) in [6.07, 6.45) is 4.61. The standard InChI is InChI=1S/C21H23N3O3S/c1-3-27-18(25)12-17-23-20(22-13-8-10-14(26-2)11-9-13)19-15-6-4-5-7-16(15)28-21(19)24-17/h8-11H,3-7,12H2,1-2H3,(H,22,23,24). The normalized spacial score (nSPS) is 13.2. The molecule has 0 bridgehead atoms. The van der Waals surface area contributed by atoms with Crippen LogP contribution in [0.1, 0.15) is 36.0 Å². The van der Waals surface area contributed by atoms with Gasteiger partial charge in [0.05, 0.1) is 19.1 Å². The number of nitrogens with one attached hydrogen (secondary N) is 1. The first-order valence-corrected chi connectivity index (χ1v) is 10.4. The minimum absolute atomic E-state index is 0.0731. The van der Waals surface area contributed by atoms with Gasteiger partial charge in [-0.2, -0.15) is 0 Å². The molecule has 2 heterocycles. The van der Waals surface area contributed by atoms with E-state index >= 15 is 0 Å². The van der Waals surface area contributed by atoms with Crippen molar-refractivity contribution in [3.05, 3.63) is 40.5 Å². The molecule has 0 spiro atoms. The van der Waals surface area contributed by atoms with Crippen molar-refractivity contribution in [1.29, 1.82) is 0 Å². The SMILES string of the molecule is CCOC(=O)Cc1nc(Nc2ccc(OC)cc2)c2c3c(sc2n1)CCCC3. The first kappa shape index (κ1) is 18.7.